The Morgan fingerprint density at radius 3 is 2.50 bits per heavy atom. The highest BCUT2D eigenvalue weighted by molar-refractivity contribution is 7.92. The molecule has 0 saturated heterocycles. The molecular weight excluding hydrogens is 254 g/mol. The van der Waals surface area contributed by atoms with Crippen molar-refractivity contribution < 1.29 is 8.42 Å². The van der Waals surface area contributed by atoms with Crippen LogP contribution in [0, 0.1) is 6.92 Å². The minimum Gasteiger partial charge on any atom is -0.245 e. The lowest BCUT2D eigenvalue weighted by Crippen LogP contribution is -2.14. The lowest BCUT2D eigenvalue weighted by atomic mass is 10.2. The van der Waals surface area contributed by atoms with E-state index >= 15 is 0 Å². The third kappa shape index (κ3) is 2.65. The van der Waals surface area contributed by atoms with Crippen LogP contribution < -0.4 is 4.72 Å². The van der Waals surface area contributed by atoms with Gasteiger partial charge in [0.1, 0.15) is 0 Å². The van der Waals surface area contributed by atoms with Gasteiger partial charge in [0.15, 0.2) is 0 Å². The van der Waals surface area contributed by atoms with E-state index in [-0.39, 0.29) is 10.8 Å². The first-order valence-corrected chi connectivity index (χ1v) is 6.87. The van der Waals surface area contributed by atoms with E-state index in [9.17, 15) is 8.42 Å². The Labute approximate surface area is 105 Å². The second kappa shape index (κ2) is 4.73. The van der Waals surface area contributed by atoms with Gasteiger partial charge >= 0.3 is 0 Å². The van der Waals surface area contributed by atoms with E-state index in [0.29, 0.717) is 6.54 Å². The van der Waals surface area contributed by atoms with Crippen LogP contribution in [-0.4, -0.2) is 28.6 Å². The van der Waals surface area contributed by atoms with E-state index < -0.39 is 10.0 Å². The number of hydrogen-bond acceptors (Lipinski definition) is 5. The van der Waals surface area contributed by atoms with Crippen molar-refractivity contribution in [1.82, 2.24) is 20.2 Å². The second-order valence-electron chi connectivity index (χ2n) is 3.72. The molecule has 2 rings (SSSR count). The lowest BCUT2D eigenvalue weighted by molar-refractivity contribution is 0.553. The Kier molecular flexibility index (Phi) is 3.28. The van der Waals surface area contributed by atoms with Crippen molar-refractivity contribution in [3.05, 3.63) is 29.8 Å². The van der Waals surface area contributed by atoms with Crippen molar-refractivity contribution in [2.24, 2.45) is 0 Å². The summed E-state index contributed by atoms with van der Waals surface area (Å²) in [7, 11) is -3.65. The van der Waals surface area contributed by atoms with Crippen LogP contribution >= 0.6 is 0 Å². The summed E-state index contributed by atoms with van der Waals surface area (Å²) in [6, 6.07) is 6.51. The molecule has 18 heavy (non-hydrogen) atoms. The highest BCUT2D eigenvalue weighted by Gasteiger charge is 2.16. The highest BCUT2D eigenvalue weighted by Crippen LogP contribution is 2.13. The number of nitrogens with one attached hydrogen (secondary N) is 1. The predicted octanol–water partition coefficient (Wildman–Crippen LogP) is 0.802. The van der Waals surface area contributed by atoms with Crippen molar-refractivity contribution in [2.45, 2.75) is 25.3 Å². The fourth-order valence-corrected chi connectivity index (χ4v) is 2.25. The van der Waals surface area contributed by atoms with Gasteiger partial charge in [0.25, 0.3) is 16.0 Å². The molecule has 0 atom stereocenters. The number of tetrazole rings is 1. The molecule has 0 bridgehead atoms. The molecule has 0 unspecified atom stereocenters. The van der Waals surface area contributed by atoms with Crippen molar-refractivity contribution in [2.75, 3.05) is 4.72 Å². The van der Waals surface area contributed by atoms with E-state index in [2.05, 4.69) is 20.1 Å². The molecule has 0 fully saturated rings. The number of benzene rings is 1. The fourth-order valence-electron chi connectivity index (χ4n) is 1.31. The summed E-state index contributed by atoms with van der Waals surface area (Å²) >= 11 is 0. The number of sulfonamides is 1. The Morgan fingerprint density at radius 1 is 1.28 bits per heavy atom. The Morgan fingerprint density at radius 2 is 1.94 bits per heavy atom. The molecule has 0 spiro atoms. The first-order valence-electron chi connectivity index (χ1n) is 5.38. The number of nitrogens with zero attached hydrogens (tertiary/aromatic N) is 4. The number of hydrogen-bond donors (Lipinski definition) is 1. The molecule has 96 valence electrons. The SMILES string of the molecule is CCn1nnc(NS(=O)(=O)c2ccc(C)cc2)n1. The van der Waals surface area contributed by atoms with Gasteiger partial charge < -0.3 is 0 Å². The maximum absolute atomic E-state index is 12.0. The van der Waals surface area contributed by atoms with Gasteiger partial charge in [-0.25, -0.2) is 13.1 Å². The van der Waals surface area contributed by atoms with E-state index in [1.54, 1.807) is 12.1 Å². The summed E-state index contributed by atoms with van der Waals surface area (Å²) < 4.78 is 26.2. The topological polar surface area (TPSA) is 89.8 Å². The van der Waals surface area contributed by atoms with Crippen LogP contribution in [0.25, 0.3) is 0 Å². The normalized spacial score (nSPS) is 11.4. The molecule has 7 nitrogen and oxygen atoms in total. The maximum atomic E-state index is 12.0. The summed E-state index contributed by atoms with van der Waals surface area (Å²) in [5.74, 6) is -0.0302. The second-order valence-corrected chi connectivity index (χ2v) is 5.40. The van der Waals surface area contributed by atoms with Gasteiger partial charge in [-0.05, 0) is 31.2 Å². The summed E-state index contributed by atoms with van der Waals surface area (Å²) in [5, 5.41) is 11.1. The third-order valence-electron chi connectivity index (χ3n) is 2.29. The van der Waals surface area contributed by atoms with Gasteiger partial charge in [-0.2, -0.15) is 4.80 Å². The standard InChI is InChI=1S/C10H13N5O2S/c1-3-15-12-10(11-14-15)13-18(16,17)9-6-4-8(2)5-7-9/h4-7H,3H2,1-2H3,(H,12,13). The average Bonchev–Trinajstić information content (AvgIpc) is 2.76. The maximum Gasteiger partial charge on any atom is 0.277 e. The third-order valence-corrected chi connectivity index (χ3v) is 3.64. The van der Waals surface area contributed by atoms with Crippen molar-refractivity contribution >= 4 is 16.0 Å². The van der Waals surface area contributed by atoms with Crippen LogP contribution in [0.3, 0.4) is 0 Å². The van der Waals surface area contributed by atoms with Gasteiger partial charge in [-0.3, -0.25) is 0 Å². The summed E-state index contributed by atoms with van der Waals surface area (Å²) in [4.78, 5) is 1.47. The molecular formula is C10H13N5O2S. The lowest BCUT2D eigenvalue weighted by Gasteiger charge is -2.04. The first kappa shape index (κ1) is 12.5. The number of aromatic nitrogens is 4. The predicted molar refractivity (Wildman–Crippen MR) is 65.5 cm³/mol. The molecule has 0 saturated carbocycles. The van der Waals surface area contributed by atoms with Crippen molar-refractivity contribution in [1.29, 1.82) is 0 Å². The summed E-state index contributed by atoms with van der Waals surface area (Å²) in [6.45, 7) is 4.25. The Balaban J connectivity index is 2.24. The van der Waals surface area contributed by atoms with E-state index in [4.69, 9.17) is 0 Å². The smallest absolute Gasteiger partial charge is 0.245 e. The van der Waals surface area contributed by atoms with E-state index in [1.165, 1.54) is 16.9 Å². The number of aryl methyl sites for hydroxylation is 2. The molecule has 2 aromatic rings. The zero-order chi connectivity index (χ0) is 13.2. The summed E-state index contributed by atoms with van der Waals surface area (Å²) in [5.41, 5.74) is 0.990. The monoisotopic (exact) mass is 267 g/mol. The van der Waals surface area contributed by atoms with Gasteiger partial charge in [0, 0.05) is 0 Å². The minimum atomic E-state index is -3.65. The summed E-state index contributed by atoms with van der Waals surface area (Å²) in [6.07, 6.45) is 0. The van der Waals surface area contributed by atoms with Crippen LogP contribution in [-0.2, 0) is 16.6 Å². The average molecular weight is 267 g/mol. The molecule has 0 aliphatic carbocycles. The molecule has 1 aromatic heterocycles. The van der Waals surface area contributed by atoms with Crippen LogP contribution in [0.2, 0.25) is 0 Å². The van der Waals surface area contributed by atoms with Crippen LogP contribution in [0.15, 0.2) is 29.2 Å². The van der Waals surface area contributed by atoms with Crippen molar-refractivity contribution in [3.63, 3.8) is 0 Å². The Hall–Kier alpha value is -1.96. The van der Waals surface area contributed by atoms with Crippen LogP contribution in [0.1, 0.15) is 12.5 Å². The zero-order valence-electron chi connectivity index (χ0n) is 10.0. The van der Waals surface area contributed by atoms with Crippen LogP contribution in [0.5, 0.6) is 0 Å². The minimum absolute atomic E-state index is 0.0302. The molecule has 8 heteroatoms. The van der Waals surface area contributed by atoms with Crippen LogP contribution in [0.4, 0.5) is 5.95 Å². The van der Waals surface area contributed by atoms with Crippen molar-refractivity contribution in [3.8, 4) is 0 Å². The molecule has 0 radical (unpaired) electrons. The van der Waals surface area contributed by atoms with E-state index in [0.717, 1.165) is 5.56 Å². The largest absolute Gasteiger partial charge is 0.277 e. The zero-order valence-corrected chi connectivity index (χ0v) is 10.8. The Bertz CT molecular complexity index is 633. The van der Waals surface area contributed by atoms with Gasteiger partial charge in [0.2, 0.25) is 0 Å². The fraction of sp³-hybridized carbons (Fsp3) is 0.300. The molecule has 0 amide bonds. The molecule has 1 N–H and O–H groups in total. The molecule has 0 aliphatic rings. The molecule has 1 aromatic carbocycles. The van der Waals surface area contributed by atoms with Gasteiger partial charge in [-0.1, -0.05) is 22.8 Å². The first-order chi connectivity index (χ1) is 8.51. The molecule has 1 heterocycles. The van der Waals surface area contributed by atoms with Gasteiger partial charge in [0.05, 0.1) is 11.4 Å². The van der Waals surface area contributed by atoms with Gasteiger partial charge in [-0.15, -0.1) is 5.10 Å². The molecule has 0 aliphatic heterocycles. The number of anilines is 1. The highest BCUT2D eigenvalue weighted by atomic mass is 32.2. The number of rotatable bonds is 4. The van der Waals surface area contributed by atoms with E-state index in [1.807, 2.05) is 13.8 Å². The quantitative estimate of drug-likeness (QED) is 0.885.